The molecule has 248 valence electrons. The van der Waals surface area contributed by atoms with E-state index in [-0.39, 0.29) is 37.1 Å². The number of Topliss-reactive ketones (excluding diaryl/α,β-unsaturated/α-hetero) is 1. The van der Waals surface area contributed by atoms with Crippen molar-refractivity contribution in [1.29, 1.82) is 5.41 Å². The number of benzene rings is 1. The SMILES string of the molecule is CC(C)[C@H](NC(=O)OC(C)(C)C)C(=O)N1CCC[C@H]1C(=O)N[C@@H](CCCNC(=N)N)C(=O)CNC(=O)/C=C\c1ccccc1O. The number of carbonyl (C=O) groups excluding carboxylic acids is 5. The molecule has 1 aliphatic heterocycles. The van der Waals surface area contributed by atoms with Crippen molar-refractivity contribution in [3.8, 4) is 5.75 Å². The molecule has 0 aromatic heterocycles. The second-order valence-corrected chi connectivity index (χ2v) is 12.2. The van der Waals surface area contributed by atoms with Crippen LogP contribution in [0.3, 0.4) is 0 Å². The summed E-state index contributed by atoms with van der Waals surface area (Å²) in [6.07, 6.45) is 3.35. The van der Waals surface area contributed by atoms with Crippen LogP contribution in [-0.2, 0) is 23.9 Å². The van der Waals surface area contributed by atoms with Crippen molar-refractivity contribution in [3.63, 3.8) is 0 Å². The summed E-state index contributed by atoms with van der Waals surface area (Å²) in [5.74, 6) is -2.50. The van der Waals surface area contributed by atoms with Gasteiger partial charge in [-0.05, 0) is 64.5 Å². The van der Waals surface area contributed by atoms with Crippen molar-refractivity contribution in [1.82, 2.24) is 26.2 Å². The molecule has 14 nitrogen and oxygen atoms in total. The summed E-state index contributed by atoms with van der Waals surface area (Å²) in [6, 6.07) is 3.68. The summed E-state index contributed by atoms with van der Waals surface area (Å²) in [4.78, 5) is 66.4. The Labute approximate surface area is 264 Å². The number of hydrogen-bond acceptors (Lipinski definition) is 8. The molecule has 1 aliphatic rings. The van der Waals surface area contributed by atoms with Gasteiger partial charge in [-0.2, -0.15) is 0 Å². The van der Waals surface area contributed by atoms with Crippen LogP contribution in [0.2, 0.25) is 0 Å². The van der Waals surface area contributed by atoms with Crippen LogP contribution >= 0.6 is 0 Å². The average Bonchev–Trinajstić information content (AvgIpc) is 3.44. The standard InChI is InChI=1S/C31H47N7O7/c1-19(2)26(37-30(44)45-31(3,4)5)28(43)38-17-9-12-22(38)27(42)36-21(11-8-16-34-29(32)33)24(40)18-35-25(41)15-14-20-10-6-7-13-23(20)39/h6-7,10,13-15,19,21-22,26,39H,8-9,11-12,16-18H2,1-5H3,(H,35,41)(H,36,42)(H,37,44)(H4,32,33,34)/b15-14-/t21-,22-,26-/m0/s1. The molecule has 1 fully saturated rings. The molecule has 1 aromatic carbocycles. The molecule has 4 amide bonds. The minimum atomic E-state index is -0.993. The van der Waals surface area contributed by atoms with Gasteiger partial charge in [0.2, 0.25) is 17.7 Å². The van der Waals surface area contributed by atoms with Crippen molar-refractivity contribution < 1.29 is 33.8 Å². The van der Waals surface area contributed by atoms with Crippen molar-refractivity contribution in [2.24, 2.45) is 11.7 Å². The Morgan fingerprint density at radius 1 is 1.13 bits per heavy atom. The lowest BCUT2D eigenvalue weighted by atomic mass is 10.0. The highest BCUT2D eigenvalue weighted by Gasteiger charge is 2.40. The fourth-order valence-electron chi connectivity index (χ4n) is 4.69. The van der Waals surface area contributed by atoms with E-state index in [1.807, 2.05) is 0 Å². The maximum Gasteiger partial charge on any atom is 0.408 e. The number of carbonyl (C=O) groups is 5. The summed E-state index contributed by atoms with van der Waals surface area (Å²) in [5, 5.41) is 27.7. The van der Waals surface area contributed by atoms with E-state index in [0.29, 0.717) is 31.4 Å². The highest BCUT2D eigenvalue weighted by molar-refractivity contribution is 5.98. The van der Waals surface area contributed by atoms with Gasteiger partial charge >= 0.3 is 6.09 Å². The van der Waals surface area contributed by atoms with Crippen molar-refractivity contribution >= 4 is 41.6 Å². The second-order valence-electron chi connectivity index (χ2n) is 12.2. The van der Waals surface area contributed by atoms with E-state index in [4.69, 9.17) is 15.9 Å². The average molecular weight is 630 g/mol. The zero-order valence-electron chi connectivity index (χ0n) is 26.6. The summed E-state index contributed by atoms with van der Waals surface area (Å²) in [7, 11) is 0. The van der Waals surface area contributed by atoms with Gasteiger partial charge in [-0.1, -0.05) is 32.0 Å². The molecule has 0 unspecified atom stereocenters. The number of nitrogens with two attached hydrogens (primary N) is 1. The van der Waals surface area contributed by atoms with E-state index in [9.17, 15) is 29.1 Å². The molecule has 14 heteroatoms. The zero-order chi connectivity index (χ0) is 33.7. The maximum absolute atomic E-state index is 13.6. The molecule has 0 bridgehead atoms. The van der Waals surface area contributed by atoms with Crippen molar-refractivity contribution in [2.75, 3.05) is 19.6 Å². The number of phenols is 1. The lowest BCUT2D eigenvalue weighted by Crippen LogP contribution is -2.57. The van der Waals surface area contributed by atoms with E-state index in [1.54, 1.807) is 52.8 Å². The fourth-order valence-corrected chi connectivity index (χ4v) is 4.69. The van der Waals surface area contributed by atoms with E-state index in [0.717, 1.165) is 0 Å². The smallest absolute Gasteiger partial charge is 0.408 e. The van der Waals surface area contributed by atoms with Gasteiger partial charge in [0.25, 0.3) is 0 Å². The molecule has 0 spiro atoms. The van der Waals surface area contributed by atoms with Crippen LogP contribution in [0.4, 0.5) is 4.79 Å². The third-order valence-electron chi connectivity index (χ3n) is 6.92. The molecule has 0 saturated carbocycles. The molecule has 2 rings (SSSR count). The molecule has 0 aliphatic carbocycles. The van der Waals surface area contributed by atoms with E-state index < -0.39 is 53.3 Å². The van der Waals surface area contributed by atoms with E-state index >= 15 is 0 Å². The first-order valence-electron chi connectivity index (χ1n) is 15.0. The van der Waals surface area contributed by atoms with Gasteiger partial charge in [-0.15, -0.1) is 0 Å². The number of likely N-dealkylation sites (tertiary alicyclic amines) is 1. The van der Waals surface area contributed by atoms with Gasteiger partial charge in [0, 0.05) is 24.7 Å². The number of rotatable bonds is 14. The van der Waals surface area contributed by atoms with Gasteiger partial charge in [0.15, 0.2) is 11.7 Å². The molecule has 1 saturated heterocycles. The van der Waals surface area contributed by atoms with Gasteiger partial charge in [-0.25, -0.2) is 4.79 Å². The zero-order valence-corrected chi connectivity index (χ0v) is 26.6. The maximum atomic E-state index is 13.6. The van der Waals surface area contributed by atoms with Gasteiger partial charge in [-0.3, -0.25) is 24.6 Å². The minimum Gasteiger partial charge on any atom is -0.507 e. The van der Waals surface area contributed by atoms with Crippen LogP contribution in [0.5, 0.6) is 5.75 Å². The van der Waals surface area contributed by atoms with Crippen LogP contribution in [0.15, 0.2) is 30.3 Å². The Balaban J connectivity index is 2.10. The molecule has 8 N–H and O–H groups in total. The summed E-state index contributed by atoms with van der Waals surface area (Å²) < 4.78 is 5.32. The first-order valence-corrected chi connectivity index (χ1v) is 15.0. The minimum absolute atomic E-state index is 0.000604. The van der Waals surface area contributed by atoms with E-state index in [1.165, 1.54) is 23.1 Å². The third kappa shape index (κ3) is 12.5. The largest absolute Gasteiger partial charge is 0.507 e. The summed E-state index contributed by atoms with van der Waals surface area (Å²) in [5.41, 5.74) is 5.01. The first-order chi connectivity index (χ1) is 21.1. The molecular formula is C31H47N7O7. The van der Waals surface area contributed by atoms with Crippen LogP contribution in [0.25, 0.3) is 6.08 Å². The number of guanidine groups is 1. The normalized spacial score (nSPS) is 16.1. The number of ketones is 1. The Kier molecular flexibility index (Phi) is 13.8. The quantitative estimate of drug-likeness (QED) is 0.0684. The summed E-state index contributed by atoms with van der Waals surface area (Å²) >= 11 is 0. The molecular weight excluding hydrogens is 582 g/mol. The predicted octanol–water partition coefficient (Wildman–Crippen LogP) is 1.38. The number of para-hydroxylation sites is 1. The Morgan fingerprint density at radius 2 is 1.82 bits per heavy atom. The number of aromatic hydroxyl groups is 1. The lowest BCUT2D eigenvalue weighted by molar-refractivity contribution is -0.141. The number of hydrogen-bond donors (Lipinski definition) is 7. The number of ether oxygens (including phenoxy) is 1. The Bertz CT molecular complexity index is 1260. The molecule has 1 aromatic rings. The van der Waals surface area contributed by atoms with Crippen LogP contribution < -0.4 is 27.0 Å². The van der Waals surface area contributed by atoms with Gasteiger partial charge in [0.1, 0.15) is 23.4 Å². The Morgan fingerprint density at radius 3 is 2.44 bits per heavy atom. The summed E-state index contributed by atoms with van der Waals surface area (Å²) in [6.45, 7) is 8.91. The van der Waals surface area contributed by atoms with Gasteiger partial charge < -0.3 is 41.7 Å². The highest BCUT2D eigenvalue weighted by Crippen LogP contribution is 2.21. The number of nitrogens with one attached hydrogen (secondary N) is 5. The van der Waals surface area contributed by atoms with E-state index in [2.05, 4.69) is 21.3 Å². The molecule has 1 heterocycles. The second kappa shape index (κ2) is 17.0. The predicted molar refractivity (Wildman–Crippen MR) is 169 cm³/mol. The number of phenolic OH excluding ortho intramolecular Hbond substituents is 1. The third-order valence-corrected chi connectivity index (χ3v) is 6.92. The molecule has 45 heavy (non-hydrogen) atoms. The number of amides is 4. The molecule has 0 radical (unpaired) electrons. The van der Waals surface area contributed by atoms with Crippen LogP contribution in [0.1, 0.15) is 65.9 Å². The first kappa shape index (κ1) is 36.6. The van der Waals surface area contributed by atoms with Crippen LogP contribution in [0, 0.1) is 11.3 Å². The highest BCUT2D eigenvalue weighted by atomic mass is 16.6. The number of alkyl carbamates (subject to hydrolysis) is 1. The Hall–Kier alpha value is -4.62. The van der Waals surface area contributed by atoms with Crippen molar-refractivity contribution in [3.05, 3.63) is 35.9 Å². The van der Waals surface area contributed by atoms with Crippen molar-refractivity contribution in [2.45, 2.75) is 84.0 Å². The number of nitrogens with zero attached hydrogens (tertiary/aromatic N) is 1. The topological polar surface area (TPSA) is 216 Å². The monoisotopic (exact) mass is 629 g/mol. The lowest BCUT2D eigenvalue weighted by Gasteiger charge is -2.31. The van der Waals surface area contributed by atoms with Gasteiger partial charge in [0.05, 0.1) is 12.6 Å². The fraction of sp³-hybridized carbons (Fsp3) is 0.548. The van der Waals surface area contributed by atoms with Crippen LogP contribution in [-0.4, -0.2) is 88.9 Å². The molecule has 3 atom stereocenters.